The maximum absolute atomic E-state index is 13.8. The molecule has 4 N–H and O–H groups in total. The summed E-state index contributed by atoms with van der Waals surface area (Å²) >= 11 is 0.902. The quantitative estimate of drug-likeness (QED) is 0.339. The molecule has 40 heavy (non-hydrogen) atoms. The summed E-state index contributed by atoms with van der Waals surface area (Å²) in [5.41, 5.74) is -2.84. The van der Waals surface area contributed by atoms with E-state index in [-0.39, 0.29) is 49.3 Å². The van der Waals surface area contributed by atoms with E-state index in [1.165, 1.54) is 6.20 Å². The van der Waals surface area contributed by atoms with Gasteiger partial charge in [0.2, 0.25) is 5.91 Å². The Morgan fingerprint density at radius 1 is 1.20 bits per heavy atom. The van der Waals surface area contributed by atoms with E-state index in [0.717, 1.165) is 35.0 Å². The van der Waals surface area contributed by atoms with E-state index in [9.17, 15) is 38.4 Å². The fraction of sp³-hybridized carbons (Fsp3) is 0.640. The Bertz CT molecular complexity index is 1210. The molecule has 0 spiro atoms. The first-order chi connectivity index (χ1) is 19.0. The smallest absolute Gasteiger partial charge is 0.238 e. The molecule has 3 aliphatic heterocycles. The van der Waals surface area contributed by atoms with E-state index in [1.54, 1.807) is 4.90 Å². The molecule has 7 atom stereocenters. The predicted octanol–water partition coefficient (Wildman–Crippen LogP) is 0.607. The van der Waals surface area contributed by atoms with Crippen molar-refractivity contribution in [3.8, 4) is 11.3 Å². The van der Waals surface area contributed by atoms with Crippen molar-refractivity contribution in [2.45, 2.75) is 72.9 Å². The summed E-state index contributed by atoms with van der Waals surface area (Å²) in [7, 11) is 0. The minimum absolute atomic E-state index is 0.00861. The average molecular weight is 589 g/mol. The number of nitrogens with zero attached hydrogens (tertiary/aromatic N) is 4. The minimum Gasteiger partial charge on any atom is -0.394 e. The molecule has 3 fully saturated rings. The van der Waals surface area contributed by atoms with Gasteiger partial charge in [0.25, 0.3) is 0 Å². The molecule has 0 radical (unpaired) electrons. The summed E-state index contributed by atoms with van der Waals surface area (Å²) < 4.78 is 53.3. The van der Waals surface area contributed by atoms with Gasteiger partial charge < -0.3 is 34.8 Å². The molecule has 11 nitrogen and oxygen atoms in total. The lowest BCUT2D eigenvalue weighted by Crippen LogP contribution is -2.61. The zero-order valence-corrected chi connectivity index (χ0v) is 22.4. The van der Waals surface area contributed by atoms with Crippen LogP contribution >= 0.6 is 11.8 Å². The van der Waals surface area contributed by atoms with Crippen molar-refractivity contribution >= 4 is 17.7 Å². The highest BCUT2D eigenvalue weighted by Crippen LogP contribution is 2.43. The Morgan fingerprint density at radius 3 is 2.45 bits per heavy atom. The summed E-state index contributed by atoms with van der Waals surface area (Å²) in [6.07, 6.45) is -1.81. The largest absolute Gasteiger partial charge is 0.394 e. The van der Waals surface area contributed by atoms with Crippen LogP contribution in [0, 0.1) is 17.5 Å². The normalized spacial score (nSPS) is 31.1. The molecule has 4 heterocycles. The molecule has 3 saturated heterocycles. The molecule has 220 valence electrons. The second-order valence-electron chi connectivity index (χ2n) is 10.4. The molecular formula is C25H31F3N4O7S. The molecule has 1 aromatic heterocycles. The number of rotatable bonds is 7. The lowest BCUT2D eigenvalue weighted by atomic mass is 9.88. The van der Waals surface area contributed by atoms with Gasteiger partial charge in [-0.05, 0) is 25.5 Å². The zero-order valence-electron chi connectivity index (χ0n) is 21.6. The van der Waals surface area contributed by atoms with Crippen molar-refractivity contribution < 1.29 is 47.9 Å². The van der Waals surface area contributed by atoms with Crippen molar-refractivity contribution in [3.63, 3.8) is 0 Å². The molecule has 1 amide bonds. The topological polar surface area (TPSA) is 150 Å². The van der Waals surface area contributed by atoms with Crippen LogP contribution in [0.2, 0.25) is 0 Å². The van der Waals surface area contributed by atoms with Crippen LogP contribution in [0.1, 0.15) is 32.2 Å². The van der Waals surface area contributed by atoms with Crippen LogP contribution in [0.25, 0.3) is 11.3 Å². The van der Waals surface area contributed by atoms with Crippen LogP contribution in [-0.4, -0.2) is 113 Å². The number of hydrogen-bond donors (Lipinski definition) is 4. The lowest BCUT2D eigenvalue weighted by molar-refractivity contribution is -0.179. The average Bonchev–Trinajstić information content (AvgIpc) is 3.40. The highest BCUT2D eigenvalue weighted by molar-refractivity contribution is 8.01. The number of benzene rings is 1. The van der Waals surface area contributed by atoms with Crippen molar-refractivity contribution in [3.05, 3.63) is 35.8 Å². The van der Waals surface area contributed by atoms with Gasteiger partial charge in [0.05, 0.1) is 18.4 Å². The van der Waals surface area contributed by atoms with Crippen LogP contribution in [0.15, 0.2) is 18.3 Å². The number of aliphatic hydroxyl groups excluding tert-OH is 3. The number of amides is 1. The fourth-order valence-corrected chi connectivity index (χ4v) is 6.82. The van der Waals surface area contributed by atoms with Gasteiger partial charge in [0.1, 0.15) is 40.7 Å². The van der Waals surface area contributed by atoms with Gasteiger partial charge in [-0.1, -0.05) is 5.21 Å². The maximum Gasteiger partial charge on any atom is 0.238 e. The molecule has 0 saturated carbocycles. The number of ether oxygens (including phenoxy) is 2. The van der Waals surface area contributed by atoms with Gasteiger partial charge in [-0.2, -0.15) is 0 Å². The Morgan fingerprint density at radius 2 is 1.88 bits per heavy atom. The number of likely N-dealkylation sites (tertiary alicyclic amines) is 1. The number of carbonyl (C=O) groups excluding carboxylic acids is 1. The first-order valence-electron chi connectivity index (χ1n) is 13.0. The van der Waals surface area contributed by atoms with Crippen LogP contribution in [0.5, 0.6) is 0 Å². The molecule has 0 unspecified atom stereocenters. The highest BCUT2D eigenvalue weighted by Gasteiger charge is 2.52. The van der Waals surface area contributed by atoms with Crippen molar-refractivity contribution in [2.75, 3.05) is 26.4 Å². The van der Waals surface area contributed by atoms with Crippen molar-refractivity contribution in [2.24, 2.45) is 0 Å². The monoisotopic (exact) mass is 588 g/mol. The minimum atomic E-state index is -1.64. The fourth-order valence-electron chi connectivity index (χ4n) is 5.28. The second kappa shape index (κ2) is 11.5. The molecule has 5 rings (SSSR count). The third kappa shape index (κ3) is 5.35. The van der Waals surface area contributed by atoms with E-state index in [4.69, 9.17) is 9.47 Å². The summed E-state index contributed by atoms with van der Waals surface area (Å²) in [5, 5.41) is 50.5. The van der Waals surface area contributed by atoms with Crippen molar-refractivity contribution in [1.82, 2.24) is 19.9 Å². The number of aromatic nitrogens is 3. The maximum atomic E-state index is 13.8. The van der Waals surface area contributed by atoms with E-state index in [0.29, 0.717) is 6.54 Å². The number of thioether (sulfide) groups is 1. The summed E-state index contributed by atoms with van der Waals surface area (Å²) in [5.74, 6) is -4.80. The Kier molecular flexibility index (Phi) is 8.44. The standard InChI is InChI=1S/C25H31F3N4O7S/c1-12-2-5-31(12)23(36)22(25(37)3-6-38-7-4-25)40-24-21(35)19(20(34)17(11-33)39-24)32-10-16(29-30-32)13-8-14(26)18(28)15(27)9-13/h8-10,12,17,19-22,24,33-35,37H,2-7,11H2,1H3/t12-,17-,19+,20+,21-,22-,24+/m1/s1. The summed E-state index contributed by atoms with van der Waals surface area (Å²) in [6.45, 7) is 2.29. The van der Waals surface area contributed by atoms with Crippen LogP contribution in [0.3, 0.4) is 0 Å². The Balaban J connectivity index is 1.44. The van der Waals surface area contributed by atoms with Crippen LogP contribution < -0.4 is 0 Å². The molecule has 2 aromatic rings. The predicted molar refractivity (Wildman–Crippen MR) is 134 cm³/mol. The van der Waals surface area contributed by atoms with Gasteiger partial charge in [-0.3, -0.25) is 4.79 Å². The van der Waals surface area contributed by atoms with Crippen molar-refractivity contribution in [1.29, 1.82) is 0 Å². The van der Waals surface area contributed by atoms with Gasteiger partial charge >= 0.3 is 0 Å². The molecule has 0 bridgehead atoms. The van der Waals surface area contributed by atoms with E-state index >= 15 is 0 Å². The Hall–Kier alpha value is -2.27. The second-order valence-corrected chi connectivity index (χ2v) is 11.6. The van der Waals surface area contributed by atoms with Gasteiger partial charge in [0.15, 0.2) is 17.5 Å². The number of aliphatic hydroxyl groups is 4. The van der Waals surface area contributed by atoms with Gasteiger partial charge in [-0.15, -0.1) is 16.9 Å². The molecule has 1 aromatic carbocycles. The highest BCUT2D eigenvalue weighted by atomic mass is 32.2. The number of carbonyl (C=O) groups is 1. The number of halogens is 3. The SMILES string of the molecule is C[C@@H]1CCN1C(=O)[C@@H](S[C@@H]1O[C@H](CO)[C@H](O)[C@H](n2cc(-c3cc(F)c(F)c(F)c3)nn2)[C@H]1O)C1(O)CCOCC1. The number of hydrogen-bond acceptors (Lipinski definition) is 10. The van der Waals surface area contributed by atoms with Gasteiger partial charge in [-0.25, -0.2) is 17.9 Å². The first-order valence-corrected chi connectivity index (χ1v) is 13.9. The summed E-state index contributed by atoms with van der Waals surface area (Å²) in [6, 6.07) is 0.203. The molecular weight excluding hydrogens is 557 g/mol. The van der Waals surface area contributed by atoms with Crippen LogP contribution in [-0.2, 0) is 14.3 Å². The molecule has 3 aliphatic rings. The van der Waals surface area contributed by atoms with Crippen LogP contribution in [0.4, 0.5) is 13.2 Å². The third-order valence-corrected chi connectivity index (χ3v) is 9.46. The van der Waals surface area contributed by atoms with E-state index in [1.807, 2.05) is 6.92 Å². The third-order valence-electron chi connectivity index (χ3n) is 7.89. The van der Waals surface area contributed by atoms with E-state index in [2.05, 4.69) is 10.3 Å². The summed E-state index contributed by atoms with van der Waals surface area (Å²) in [4.78, 5) is 15.2. The Labute approximate surface area is 231 Å². The van der Waals surface area contributed by atoms with E-state index < -0.39 is 64.7 Å². The molecule has 0 aliphatic carbocycles. The first kappa shape index (κ1) is 29.2. The molecule has 15 heteroatoms. The zero-order chi connectivity index (χ0) is 28.8. The van der Waals surface area contributed by atoms with Gasteiger partial charge in [0, 0.05) is 44.2 Å². The lowest BCUT2D eigenvalue weighted by Gasteiger charge is -2.48.